The van der Waals surface area contributed by atoms with E-state index in [9.17, 15) is 4.79 Å². The highest BCUT2D eigenvalue weighted by Gasteiger charge is 2.36. The fourth-order valence-electron chi connectivity index (χ4n) is 4.21. The number of benzene rings is 1. The van der Waals surface area contributed by atoms with Crippen molar-refractivity contribution in [1.82, 2.24) is 9.78 Å². The molecule has 2 aromatic rings. The molecule has 1 saturated heterocycles. The third-order valence-electron chi connectivity index (χ3n) is 5.47. The number of anilines is 1. The van der Waals surface area contributed by atoms with Crippen LogP contribution in [-0.4, -0.2) is 40.8 Å². The van der Waals surface area contributed by atoms with Crippen LogP contribution in [0.15, 0.2) is 24.3 Å². The summed E-state index contributed by atoms with van der Waals surface area (Å²) < 4.78 is 13.5. The number of aryl methyl sites for hydroxylation is 1. The van der Waals surface area contributed by atoms with Crippen molar-refractivity contribution in [3.63, 3.8) is 0 Å². The number of nitrogens with one attached hydrogen (secondary N) is 1. The topological polar surface area (TPSA) is 65.4 Å². The fourth-order valence-corrected chi connectivity index (χ4v) is 5.42. The number of para-hydroxylation sites is 1. The first kappa shape index (κ1) is 19.3. The van der Waals surface area contributed by atoms with Gasteiger partial charge in [0.15, 0.2) is 0 Å². The van der Waals surface area contributed by atoms with Gasteiger partial charge in [-0.3, -0.25) is 4.79 Å². The van der Waals surface area contributed by atoms with E-state index in [1.807, 2.05) is 29.8 Å². The lowest BCUT2D eigenvalue weighted by Crippen LogP contribution is -2.36. The minimum Gasteiger partial charge on any atom is -0.496 e. The zero-order valence-corrected chi connectivity index (χ0v) is 17.6. The highest BCUT2D eigenvalue weighted by atomic mass is 32.2. The molecule has 2 aliphatic rings. The Hall–Kier alpha value is -1.99. The first-order chi connectivity index (χ1) is 13.4. The number of fused-ring (bicyclic) bond motifs is 1. The van der Waals surface area contributed by atoms with E-state index in [2.05, 4.69) is 25.2 Å². The zero-order chi connectivity index (χ0) is 19.9. The maximum atomic E-state index is 12.5. The monoisotopic (exact) mass is 401 g/mol. The van der Waals surface area contributed by atoms with Crippen molar-refractivity contribution < 1.29 is 14.3 Å². The number of thioether (sulfide) groups is 1. The summed E-state index contributed by atoms with van der Waals surface area (Å²) in [5.41, 5.74) is 2.90. The SMILES string of the molecule is COc1ccccc1[C@@H]1SCC(=O)Nc2c1c(C)nn2[C@@H]1CCOC(C)(C)C1. The Morgan fingerprint density at radius 1 is 1.36 bits per heavy atom. The Labute approximate surface area is 170 Å². The standard InChI is InChI=1S/C21H27N3O3S/c1-13-18-19(15-7-5-6-8-16(15)26-4)28-12-17(25)22-20(18)24(23-13)14-9-10-27-21(2,3)11-14/h5-8,14,19H,9-12H2,1-4H3,(H,22,25)/t14-,19+/m1/s1. The second kappa shape index (κ2) is 7.44. The van der Waals surface area contributed by atoms with Gasteiger partial charge in [0, 0.05) is 17.7 Å². The minimum absolute atomic E-state index is 0.00768. The second-order valence-corrected chi connectivity index (χ2v) is 9.12. The molecule has 6 nitrogen and oxygen atoms in total. The van der Waals surface area contributed by atoms with Gasteiger partial charge in [-0.25, -0.2) is 4.68 Å². The van der Waals surface area contributed by atoms with Gasteiger partial charge in [-0.2, -0.15) is 5.10 Å². The third-order valence-corrected chi connectivity index (χ3v) is 6.72. The van der Waals surface area contributed by atoms with Gasteiger partial charge in [0.05, 0.1) is 35.4 Å². The molecular weight excluding hydrogens is 374 g/mol. The summed E-state index contributed by atoms with van der Waals surface area (Å²) >= 11 is 1.62. The first-order valence-electron chi connectivity index (χ1n) is 9.67. The van der Waals surface area contributed by atoms with Crippen LogP contribution in [-0.2, 0) is 9.53 Å². The van der Waals surface area contributed by atoms with E-state index in [1.165, 1.54) is 0 Å². The molecule has 0 saturated carbocycles. The molecule has 4 rings (SSSR count). The summed E-state index contributed by atoms with van der Waals surface area (Å²) in [4.78, 5) is 12.5. The van der Waals surface area contributed by atoms with Crippen LogP contribution in [0.1, 0.15) is 54.8 Å². The Bertz CT molecular complexity index is 893. The average molecular weight is 402 g/mol. The number of carbonyl (C=O) groups is 1. The van der Waals surface area contributed by atoms with Crippen LogP contribution in [0.3, 0.4) is 0 Å². The van der Waals surface area contributed by atoms with Gasteiger partial charge in [0.1, 0.15) is 11.6 Å². The van der Waals surface area contributed by atoms with E-state index in [0.717, 1.165) is 41.2 Å². The number of nitrogens with zero attached hydrogens (tertiary/aromatic N) is 2. The Kier molecular flexibility index (Phi) is 5.14. The van der Waals surface area contributed by atoms with E-state index in [4.69, 9.17) is 14.6 Å². The molecule has 1 N–H and O–H groups in total. The number of methoxy groups -OCH3 is 1. The highest BCUT2D eigenvalue weighted by molar-refractivity contribution is 8.00. The Balaban J connectivity index is 1.82. The summed E-state index contributed by atoms with van der Waals surface area (Å²) in [6.07, 6.45) is 1.75. The van der Waals surface area contributed by atoms with Crippen molar-refractivity contribution in [2.24, 2.45) is 0 Å². The van der Waals surface area contributed by atoms with Crippen molar-refractivity contribution in [1.29, 1.82) is 0 Å². The lowest BCUT2D eigenvalue weighted by Gasteiger charge is -2.36. The predicted molar refractivity (Wildman–Crippen MR) is 111 cm³/mol. The predicted octanol–water partition coefficient (Wildman–Crippen LogP) is 4.10. The first-order valence-corrected chi connectivity index (χ1v) is 10.7. The molecule has 1 amide bonds. The maximum absolute atomic E-state index is 12.5. The molecule has 0 unspecified atom stereocenters. The number of rotatable bonds is 3. The number of ether oxygens (including phenoxy) is 2. The lowest BCUT2D eigenvalue weighted by atomic mass is 9.94. The second-order valence-electron chi connectivity index (χ2n) is 8.03. The quantitative estimate of drug-likeness (QED) is 0.839. The molecule has 0 spiro atoms. The molecule has 1 aromatic carbocycles. The van der Waals surface area contributed by atoms with Crippen molar-refractivity contribution in [3.8, 4) is 5.75 Å². The highest BCUT2D eigenvalue weighted by Crippen LogP contribution is 2.47. The fraction of sp³-hybridized carbons (Fsp3) is 0.524. The van der Waals surface area contributed by atoms with Gasteiger partial charge in [0.2, 0.25) is 5.91 Å². The molecule has 150 valence electrons. The van der Waals surface area contributed by atoms with Crippen LogP contribution in [0.2, 0.25) is 0 Å². The van der Waals surface area contributed by atoms with Gasteiger partial charge in [-0.1, -0.05) is 18.2 Å². The molecule has 1 aromatic heterocycles. The molecule has 3 heterocycles. The van der Waals surface area contributed by atoms with E-state index in [-0.39, 0.29) is 22.8 Å². The van der Waals surface area contributed by atoms with Gasteiger partial charge in [-0.05, 0) is 39.7 Å². The average Bonchev–Trinajstić information content (AvgIpc) is 2.87. The van der Waals surface area contributed by atoms with Gasteiger partial charge < -0.3 is 14.8 Å². The lowest BCUT2D eigenvalue weighted by molar-refractivity contribution is -0.113. The van der Waals surface area contributed by atoms with Crippen LogP contribution >= 0.6 is 11.8 Å². The molecule has 0 bridgehead atoms. The minimum atomic E-state index is -0.193. The number of carbonyl (C=O) groups excluding carboxylic acids is 1. The normalized spacial score (nSPS) is 24.2. The van der Waals surface area contributed by atoms with Gasteiger partial charge >= 0.3 is 0 Å². The van der Waals surface area contributed by atoms with E-state index in [1.54, 1.807) is 18.9 Å². The summed E-state index contributed by atoms with van der Waals surface area (Å²) in [6.45, 7) is 6.95. The molecule has 28 heavy (non-hydrogen) atoms. The maximum Gasteiger partial charge on any atom is 0.235 e. The third kappa shape index (κ3) is 3.53. The summed E-state index contributed by atoms with van der Waals surface area (Å²) in [5, 5.41) is 8.01. The van der Waals surface area contributed by atoms with E-state index < -0.39 is 0 Å². The molecule has 2 atom stereocenters. The number of amides is 1. The largest absolute Gasteiger partial charge is 0.496 e. The van der Waals surface area contributed by atoms with Crippen LogP contribution in [0, 0.1) is 6.92 Å². The van der Waals surface area contributed by atoms with Crippen molar-refractivity contribution >= 4 is 23.5 Å². The number of hydrogen-bond donors (Lipinski definition) is 1. The van der Waals surface area contributed by atoms with Crippen molar-refractivity contribution in [3.05, 3.63) is 41.1 Å². The van der Waals surface area contributed by atoms with E-state index >= 15 is 0 Å². The Morgan fingerprint density at radius 2 is 2.14 bits per heavy atom. The van der Waals surface area contributed by atoms with Crippen LogP contribution in [0.5, 0.6) is 5.75 Å². The Morgan fingerprint density at radius 3 is 2.89 bits per heavy atom. The molecule has 7 heteroatoms. The van der Waals surface area contributed by atoms with Crippen LogP contribution < -0.4 is 10.1 Å². The summed E-state index contributed by atoms with van der Waals surface area (Å²) in [6, 6.07) is 8.22. The smallest absolute Gasteiger partial charge is 0.235 e. The van der Waals surface area contributed by atoms with Crippen molar-refractivity contribution in [2.75, 3.05) is 24.8 Å². The molecular formula is C21H27N3O3S. The molecule has 1 fully saturated rings. The van der Waals surface area contributed by atoms with Crippen LogP contribution in [0.25, 0.3) is 0 Å². The van der Waals surface area contributed by atoms with E-state index in [0.29, 0.717) is 12.4 Å². The van der Waals surface area contributed by atoms with Crippen LogP contribution in [0.4, 0.5) is 5.82 Å². The molecule has 0 aliphatic carbocycles. The summed E-state index contributed by atoms with van der Waals surface area (Å²) in [7, 11) is 1.69. The van der Waals surface area contributed by atoms with Crippen molar-refractivity contribution in [2.45, 2.75) is 50.5 Å². The summed E-state index contributed by atoms with van der Waals surface area (Å²) in [5.74, 6) is 2.07. The van der Waals surface area contributed by atoms with Gasteiger partial charge in [0.25, 0.3) is 0 Å². The van der Waals surface area contributed by atoms with Gasteiger partial charge in [-0.15, -0.1) is 11.8 Å². The zero-order valence-electron chi connectivity index (χ0n) is 16.8. The number of aromatic nitrogens is 2. The number of hydrogen-bond acceptors (Lipinski definition) is 5. The molecule has 2 aliphatic heterocycles. The molecule has 0 radical (unpaired) electrons.